The number of hydrogen-bond donors (Lipinski definition) is 1. The number of carboxylic acid groups (broad SMARTS) is 1. The third-order valence-electron chi connectivity index (χ3n) is 4.75. The fraction of sp³-hybridized carbons (Fsp3) is 0.588. The van der Waals surface area contributed by atoms with Crippen LogP contribution in [0.4, 0.5) is 0 Å². The molecule has 0 saturated carbocycles. The first kappa shape index (κ1) is 17.9. The highest BCUT2D eigenvalue weighted by Crippen LogP contribution is 2.27. The molecule has 1 saturated heterocycles. The number of aliphatic carboxylic acids is 1. The molecule has 0 unspecified atom stereocenters. The number of ether oxygens (including phenoxy) is 1. The van der Waals surface area contributed by atoms with Crippen molar-refractivity contribution in [1.82, 2.24) is 9.80 Å². The molecule has 8 heteroatoms. The highest BCUT2D eigenvalue weighted by Gasteiger charge is 2.28. The van der Waals surface area contributed by atoms with Gasteiger partial charge >= 0.3 is 5.97 Å². The second-order valence-corrected chi connectivity index (χ2v) is 7.65. The molecular weight excluding hydrogens is 344 g/mol. The minimum Gasteiger partial charge on any atom is -0.481 e. The van der Waals surface area contributed by atoms with E-state index in [1.807, 2.05) is 6.07 Å². The lowest BCUT2D eigenvalue weighted by Crippen LogP contribution is -2.45. The van der Waals surface area contributed by atoms with Crippen molar-refractivity contribution in [3.05, 3.63) is 21.4 Å². The molecule has 0 aromatic carbocycles. The quantitative estimate of drug-likeness (QED) is 0.866. The molecule has 2 aliphatic heterocycles. The maximum Gasteiger partial charge on any atom is 0.306 e. The van der Waals surface area contributed by atoms with Gasteiger partial charge in [0.05, 0.1) is 30.6 Å². The lowest BCUT2D eigenvalue weighted by atomic mass is 9.97. The van der Waals surface area contributed by atoms with Crippen LogP contribution in [0.15, 0.2) is 6.07 Å². The Hall–Kier alpha value is -1.93. The fourth-order valence-electron chi connectivity index (χ4n) is 3.19. The van der Waals surface area contributed by atoms with E-state index < -0.39 is 5.97 Å². The monoisotopic (exact) mass is 366 g/mol. The number of piperidine rings is 1. The molecule has 0 aliphatic carbocycles. The molecule has 3 rings (SSSR count). The molecule has 2 aliphatic rings. The first-order chi connectivity index (χ1) is 12.0. The van der Waals surface area contributed by atoms with E-state index in [-0.39, 0.29) is 24.3 Å². The first-order valence-electron chi connectivity index (χ1n) is 8.41. The number of nitrogens with zero attached hydrogens (tertiary/aromatic N) is 2. The maximum atomic E-state index is 12.6. The standard InChI is InChI=1S/C17H22N2O5S/c1-18(9-15(20)19-5-2-11(3-6-19)17(22)23)16(21)14-8-12-10-24-7-4-13(12)25-14/h8,11H,2-7,9-10H2,1H3,(H,22,23). The van der Waals surface area contributed by atoms with Crippen LogP contribution in [0.2, 0.25) is 0 Å². The molecule has 7 nitrogen and oxygen atoms in total. The number of carbonyl (C=O) groups excluding carboxylic acids is 2. The molecular formula is C17H22N2O5S. The summed E-state index contributed by atoms with van der Waals surface area (Å²) in [5.74, 6) is -1.47. The van der Waals surface area contributed by atoms with Crippen molar-refractivity contribution in [3.8, 4) is 0 Å². The predicted molar refractivity (Wildman–Crippen MR) is 91.6 cm³/mol. The van der Waals surface area contributed by atoms with Gasteiger partial charge in [-0.1, -0.05) is 0 Å². The van der Waals surface area contributed by atoms with Crippen LogP contribution in [-0.2, 0) is 27.4 Å². The second kappa shape index (κ2) is 7.53. The van der Waals surface area contributed by atoms with Crippen LogP contribution in [0, 0.1) is 5.92 Å². The molecule has 0 spiro atoms. The van der Waals surface area contributed by atoms with Crippen LogP contribution in [0.25, 0.3) is 0 Å². The van der Waals surface area contributed by atoms with Crippen molar-refractivity contribution in [3.63, 3.8) is 0 Å². The maximum absolute atomic E-state index is 12.6. The summed E-state index contributed by atoms with van der Waals surface area (Å²) in [5, 5.41) is 9.01. The molecule has 1 aromatic rings. The zero-order chi connectivity index (χ0) is 18.0. The van der Waals surface area contributed by atoms with E-state index in [0.717, 1.165) is 12.0 Å². The normalized spacial score (nSPS) is 17.9. The Balaban J connectivity index is 1.55. The smallest absolute Gasteiger partial charge is 0.306 e. The molecule has 1 aromatic heterocycles. The van der Waals surface area contributed by atoms with E-state index in [1.165, 1.54) is 21.1 Å². The van der Waals surface area contributed by atoms with Crippen LogP contribution in [-0.4, -0.2) is 66.0 Å². The average molecular weight is 366 g/mol. The summed E-state index contributed by atoms with van der Waals surface area (Å²) in [6, 6.07) is 1.86. The van der Waals surface area contributed by atoms with E-state index in [4.69, 9.17) is 9.84 Å². The van der Waals surface area contributed by atoms with E-state index in [2.05, 4.69) is 0 Å². The molecule has 3 heterocycles. The van der Waals surface area contributed by atoms with Gasteiger partial charge in [0.2, 0.25) is 5.91 Å². The summed E-state index contributed by atoms with van der Waals surface area (Å²) >= 11 is 1.48. The van der Waals surface area contributed by atoms with E-state index in [1.54, 1.807) is 11.9 Å². The summed E-state index contributed by atoms with van der Waals surface area (Å²) in [6.07, 6.45) is 1.77. The Kier molecular flexibility index (Phi) is 5.39. The third-order valence-corrected chi connectivity index (χ3v) is 5.98. The fourth-order valence-corrected chi connectivity index (χ4v) is 4.34. The number of carbonyl (C=O) groups is 3. The van der Waals surface area contributed by atoms with Gasteiger partial charge in [-0.05, 0) is 24.5 Å². The SMILES string of the molecule is CN(CC(=O)N1CCC(C(=O)O)CC1)C(=O)c1cc2c(s1)CCOC2. The highest BCUT2D eigenvalue weighted by atomic mass is 32.1. The van der Waals surface area contributed by atoms with Crippen molar-refractivity contribution in [2.75, 3.05) is 33.3 Å². The summed E-state index contributed by atoms with van der Waals surface area (Å²) in [4.78, 5) is 40.8. The number of likely N-dealkylation sites (tertiary alicyclic amines) is 1. The lowest BCUT2D eigenvalue weighted by Gasteiger charge is -2.31. The molecule has 0 atom stereocenters. The highest BCUT2D eigenvalue weighted by molar-refractivity contribution is 7.14. The minimum atomic E-state index is -0.801. The van der Waals surface area contributed by atoms with Crippen molar-refractivity contribution < 1.29 is 24.2 Å². The number of likely N-dealkylation sites (N-methyl/N-ethyl adjacent to an activating group) is 1. The molecule has 25 heavy (non-hydrogen) atoms. The van der Waals surface area contributed by atoms with Crippen molar-refractivity contribution in [2.45, 2.75) is 25.9 Å². The molecule has 0 radical (unpaired) electrons. The van der Waals surface area contributed by atoms with Crippen LogP contribution in [0.5, 0.6) is 0 Å². The van der Waals surface area contributed by atoms with Crippen LogP contribution in [0.1, 0.15) is 33.0 Å². The van der Waals surface area contributed by atoms with Gasteiger partial charge in [-0.15, -0.1) is 11.3 Å². The molecule has 1 fully saturated rings. The van der Waals surface area contributed by atoms with Crippen LogP contribution in [0.3, 0.4) is 0 Å². The summed E-state index contributed by atoms with van der Waals surface area (Å²) in [5.41, 5.74) is 1.06. The number of carboxylic acids is 1. The van der Waals surface area contributed by atoms with E-state index in [0.29, 0.717) is 44.0 Å². The van der Waals surface area contributed by atoms with E-state index in [9.17, 15) is 14.4 Å². The largest absolute Gasteiger partial charge is 0.481 e. The van der Waals surface area contributed by atoms with Gasteiger partial charge in [-0.3, -0.25) is 14.4 Å². The molecule has 1 N–H and O–H groups in total. The lowest BCUT2D eigenvalue weighted by molar-refractivity contribution is -0.145. The average Bonchev–Trinajstić information content (AvgIpc) is 3.05. The zero-order valence-electron chi connectivity index (χ0n) is 14.2. The summed E-state index contributed by atoms with van der Waals surface area (Å²) < 4.78 is 5.40. The van der Waals surface area contributed by atoms with E-state index >= 15 is 0 Å². The number of fused-ring (bicyclic) bond motifs is 1. The Labute approximate surface area is 150 Å². The Morgan fingerprint density at radius 3 is 2.72 bits per heavy atom. The molecule has 0 bridgehead atoms. The second-order valence-electron chi connectivity index (χ2n) is 6.52. The van der Waals surface area contributed by atoms with Gasteiger partial charge in [0.25, 0.3) is 5.91 Å². The molecule has 2 amide bonds. The summed E-state index contributed by atoms with van der Waals surface area (Å²) in [7, 11) is 1.62. The topological polar surface area (TPSA) is 87.2 Å². The Morgan fingerprint density at radius 2 is 2.08 bits per heavy atom. The number of thiophene rings is 1. The van der Waals surface area contributed by atoms with Gasteiger partial charge in [0, 0.05) is 31.4 Å². The van der Waals surface area contributed by atoms with Crippen molar-refractivity contribution in [1.29, 1.82) is 0 Å². The van der Waals surface area contributed by atoms with Gasteiger partial charge in [-0.2, -0.15) is 0 Å². The van der Waals surface area contributed by atoms with Gasteiger partial charge < -0.3 is 19.6 Å². The predicted octanol–water partition coefficient (Wildman–Crippen LogP) is 1.22. The number of rotatable bonds is 4. The minimum absolute atomic E-state index is 0.00956. The number of hydrogen-bond acceptors (Lipinski definition) is 5. The van der Waals surface area contributed by atoms with Gasteiger partial charge in [-0.25, -0.2) is 0 Å². The zero-order valence-corrected chi connectivity index (χ0v) is 15.0. The third kappa shape index (κ3) is 4.01. The van der Waals surface area contributed by atoms with Crippen LogP contribution >= 0.6 is 11.3 Å². The van der Waals surface area contributed by atoms with Crippen molar-refractivity contribution >= 4 is 29.1 Å². The Morgan fingerprint density at radius 1 is 1.36 bits per heavy atom. The first-order valence-corrected chi connectivity index (χ1v) is 9.22. The van der Waals surface area contributed by atoms with Gasteiger partial charge in [0.1, 0.15) is 0 Å². The summed E-state index contributed by atoms with van der Waals surface area (Å²) in [6.45, 7) is 2.10. The Bertz CT molecular complexity index is 655. The van der Waals surface area contributed by atoms with Gasteiger partial charge in [0.15, 0.2) is 0 Å². The number of amides is 2. The van der Waals surface area contributed by atoms with Crippen molar-refractivity contribution in [2.24, 2.45) is 5.92 Å². The van der Waals surface area contributed by atoms with Crippen LogP contribution < -0.4 is 0 Å². The molecule has 136 valence electrons.